The number of amides is 2. The molecule has 0 heterocycles. The van der Waals surface area contributed by atoms with E-state index >= 15 is 0 Å². The van der Waals surface area contributed by atoms with Crippen LogP contribution in [0, 0.1) is 0 Å². The molecule has 190 valence electrons. The van der Waals surface area contributed by atoms with Crippen molar-refractivity contribution in [1.82, 2.24) is 10.9 Å². The van der Waals surface area contributed by atoms with Gasteiger partial charge < -0.3 is 19.3 Å². The third kappa shape index (κ3) is 7.15. The summed E-state index contributed by atoms with van der Waals surface area (Å²) in [5.74, 6) is -5.38. The number of nitrogens with one attached hydrogen (secondary N) is 2. The number of aliphatic carboxylic acids is 1. The van der Waals surface area contributed by atoms with Gasteiger partial charge in [0.1, 0.15) is 5.75 Å². The molecule has 3 N–H and O–H groups in total. The first kappa shape index (κ1) is 26.4. The molecule has 3 rings (SSSR count). The predicted molar refractivity (Wildman–Crippen MR) is 128 cm³/mol. The zero-order valence-electron chi connectivity index (χ0n) is 19.5. The minimum Gasteiger partial charge on any atom is -0.497 e. The molecular formula is C26H22N2O9. The Balaban J connectivity index is 1.81. The van der Waals surface area contributed by atoms with Crippen molar-refractivity contribution in [3.8, 4) is 5.75 Å². The van der Waals surface area contributed by atoms with Crippen LogP contribution < -0.4 is 15.6 Å². The first-order valence-electron chi connectivity index (χ1n) is 10.8. The summed E-state index contributed by atoms with van der Waals surface area (Å²) in [7, 11) is 1.45. The van der Waals surface area contributed by atoms with Gasteiger partial charge in [0, 0.05) is 5.56 Å². The average molecular weight is 506 g/mol. The Hall–Kier alpha value is -5.19. The molecule has 2 amide bonds. The molecular weight excluding hydrogens is 484 g/mol. The molecule has 2 atom stereocenters. The lowest BCUT2D eigenvalue weighted by molar-refractivity contribution is -0.159. The largest absolute Gasteiger partial charge is 0.497 e. The van der Waals surface area contributed by atoms with Gasteiger partial charge in [-0.2, -0.15) is 0 Å². The van der Waals surface area contributed by atoms with E-state index in [4.69, 9.17) is 14.2 Å². The molecule has 0 bridgehead atoms. The lowest BCUT2D eigenvalue weighted by atomic mass is 10.1. The Labute approximate surface area is 210 Å². The van der Waals surface area contributed by atoms with E-state index in [1.807, 2.05) is 5.43 Å². The molecule has 0 fully saturated rings. The molecule has 0 aliphatic rings. The Kier molecular flexibility index (Phi) is 8.92. The van der Waals surface area contributed by atoms with Crippen LogP contribution in [0.3, 0.4) is 0 Å². The zero-order chi connectivity index (χ0) is 26.8. The maximum absolute atomic E-state index is 12.9. The number of hydrogen-bond acceptors (Lipinski definition) is 8. The van der Waals surface area contributed by atoms with Crippen molar-refractivity contribution in [3.63, 3.8) is 0 Å². The van der Waals surface area contributed by atoms with Crippen LogP contribution in [-0.2, 0) is 19.1 Å². The molecule has 0 aliphatic carbocycles. The number of hydrogen-bond donors (Lipinski definition) is 3. The summed E-state index contributed by atoms with van der Waals surface area (Å²) in [5, 5.41) is 9.73. The van der Waals surface area contributed by atoms with Crippen molar-refractivity contribution in [3.05, 3.63) is 102 Å². The zero-order valence-corrected chi connectivity index (χ0v) is 19.5. The summed E-state index contributed by atoms with van der Waals surface area (Å²) < 4.78 is 15.2. The van der Waals surface area contributed by atoms with Crippen LogP contribution in [0.5, 0.6) is 5.75 Å². The van der Waals surface area contributed by atoms with Gasteiger partial charge in [0.25, 0.3) is 11.8 Å². The number of carbonyl (C=O) groups is 5. The standard InChI is InChI=1S/C26H22N2O9/c1-35-19-14-12-16(13-15-19)22(29)27-28-23(30)20(36-25(33)17-8-4-2-5-9-17)21(24(31)32)37-26(34)18-10-6-3-7-11-18/h2-15,20-21H,1H3,(H,27,29)(H,28,30)(H,31,32)/t20-,21+/m1/s1. The van der Waals surface area contributed by atoms with Gasteiger partial charge in [0.15, 0.2) is 0 Å². The first-order valence-corrected chi connectivity index (χ1v) is 10.8. The van der Waals surface area contributed by atoms with E-state index < -0.39 is 41.9 Å². The Morgan fingerprint density at radius 3 is 1.59 bits per heavy atom. The second kappa shape index (κ2) is 12.5. The highest BCUT2D eigenvalue weighted by Crippen LogP contribution is 2.14. The molecule has 11 nitrogen and oxygen atoms in total. The normalized spacial score (nSPS) is 11.8. The molecule has 0 aliphatic heterocycles. The van der Waals surface area contributed by atoms with E-state index in [0.29, 0.717) is 5.75 Å². The molecule has 0 radical (unpaired) electrons. The van der Waals surface area contributed by atoms with Crippen LogP contribution in [0.15, 0.2) is 84.9 Å². The van der Waals surface area contributed by atoms with Crippen molar-refractivity contribution in [1.29, 1.82) is 0 Å². The number of rotatable bonds is 9. The SMILES string of the molecule is COc1ccc(C(=O)NNC(=O)[C@H](OC(=O)c2ccccc2)[C@H](OC(=O)c2ccccc2)C(=O)O)cc1. The number of benzene rings is 3. The smallest absolute Gasteiger partial charge is 0.349 e. The second-order valence-electron chi connectivity index (χ2n) is 7.39. The maximum Gasteiger partial charge on any atom is 0.349 e. The Morgan fingerprint density at radius 2 is 1.14 bits per heavy atom. The van der Waals surface area contributed by atoms with Gasteiger partial charge in [-0.05, 0) is 48.5 Å². The second-order valence-corrected chi connectivity index (χ2v) is 7.39. The van der Waals surface area contributed by atoms with Crippen LogP contribution in [-0.4, -0.2) is 54.1 Å². The summed E-state index contributed by atoms with van der Waals surface area (Å²) in [6.07, 6.45) is -4.40. The summed E-state index contributed by atoms with van der Waals surface area (Å²) in [6, 6.07) is 20.8. The Morgan fingerprint density at radius 1 is 0.649 bits per heavy atom. The van der Waals surface area contributed by atoms with Crippen LogP contribution >= 0.6 is 0 Å². The monoisotopic (exact) mass is 506 g/mol. The van der Waals surface area contributed by atoms with E-state index in [9.17, 15) is 29.1 Å². The fourth-order valence-electron chi connectivity index (χ4n) is 3.01. The number of carboxylic acids is 1. The van der Waals surface area contributed by atoms with Crippen molar-refractivity contribution < 1.29 is 43.3 Å². The first-order chi connectivity index (χ1) is 17.8. The number of carboxylic acid groups (broad SMARTS) is 1. The quantitative estimate of drug-likeness (QED) is 0.292. The van der Waals surface area contributed by atoms with E-state index in [1.54, 1.807) is 12.1 Å². The summed E-state index contributed by atoms with van der Waals surface area (Å²) in [5.41, 5.74) is 4.28. The van der Waals surface area contributed by atoms with Gasteiger partial charge in [-0.25, -0.2) is 14.4 Å². The third-order valence-corrected chi connectivity index (χ3v) is 4.92. The molecule has 11 heteroatoms. The molecule has 3 aromatic rings. The van der Waals surface area contributed by atoms with Crippen LogP contribution in [0.4, 0.5) is 0 Å². The molecule has 0 unspecified atom stereocenters. The molecule has 0 saturated heterocycles. The highest BCUT2D eigenvalue weighted by atomic mass is 16.6. The summed E-state index contributed by atoms with van der Waals surface area (Å²) in [6.45, 7) is 0. The fourth-order valence-corrected chi connectivity index (χ4v) is 3.01. The van der Waals surface area contributed by atoms with Gasteiger partial charge in [-0.15, -0.1) is 0 Å². The van der Waals surface area contributed by atoms with Crippen molar-refractivity contribution in [2.75, 3.05) is 7.11 Å². The van der Waals surface area contributed by atoms with Gasteiger partial charge in [-0.1, -0.05) is 36.4 Å². The molecule has 37 heavy (non-hydrogen) atoms. The maximum atomic E-state index is 12.9. The Bertz CT molecular complexity index is 1260. The third-order valence-electron chi connectivity index (χ3n) is 4.92. The van der Waals surface area contributed by atoms with Crippen LogP contribution in [0.1, 0.15) is 31.1 Å². The van der Waals surface area contributed by atoms with Gasteiger partial charge in [0.2, 0.25) is 12.2 Å². The predicted octanol–water partition coefficient (Wildman–Crippen LogP) is 1.99. The number of ether oxygens (including phenoxy) is 3. The van der Waals surface area contributed by atoms with Gasteiger partial charge >= 0.3 is 17.9 Å². The molecule has 0 aromatic heterocycles. The highest BCUT2D eigenvalue weighted by Gasteiger charge is 2.41. The fraction of sp³-hybridized carbons (Fsp3) is 0.115. The summed E-state index contributed by atoms with van der Waals surface area (Å²) >= 11 is 0. The number of hydrazine groups is 1. The topological polar surface area (TPSA) is 157 Å². The van der Waals surface area contributed by atoms with Crippen molar-refractivity contribution >= 4 is 29.7 Å². The minimum absolute atomic E-state index is 0.00935. The summed E-state index contributed by atoms with van der Waals surface area (Å²) in [4.78, 5) is 62.5. The van der Waals surface area contributed by atoms with Gasteiger partial charge in [0.05, 0.1) is 18.2 Å². The molecule has 0 spiro atoms. The molecule has 0 saturated carbocycles. The lowest BCUT2D eigenvalue weighted by Gasteiger charge is -2.23. The van der Waals surface area contributed by atoms with Crippen molar-refractivity contribution in [2.45, 2.75) is 12.2 Å². The van der Waals surface area contributed by atoms with E-state index in [1.165, 1.54) is 79.9 Å². The number of carbonyl (C=O) groups excluding carboxylic acids is 4. The average Bonchev–Trinajstić information content (AvgIpc) is 2.94. The van der Waals surface area contributed by atoms with E-state index in [2.05, 4.69) is 5.43 Å². The number of methoxy groups -OCH3 is 1. The highest BCUT2D eigenvalue weighted by molar-refractivity contribution is 5.99. The number of esters is 2. The van der Waals surface area contributed by atoms with E-state index in [0.717, 1.165) is 0 Å². The van der Waals surface area contributed by atoms with Crippen LogP contribution in [0.2, 0.25) is 0 Å². The molecule has 3 aromatic carbocycles. The van der Waals surface area contributed by atoms with E-state index in [-0.39, 0.29) is 16.7 Å². The van der Waals surface area contributed by atoms with Crippen LogP contribution in [0.25, 0.3) is 0 Å². The minimum atomic E-state index is -2.24. The van der Waals surface area contributed by atoms with Crippen molar-refractivity contribution in [2.24, 2.45) is 0 Å². The van der Waals surface area contributed by atoms with Gasteiger partial charge in [-0.3, -0.25) is 20.4 Å². The lowest BCUT2D eigenvalue weighted by Crippen LogP contribution is -2.54.